The van der Waals surface area contributed by atoms with Crippen LogP contribution in [0.4, 0.5) is 0 Å². The molecular formula is C14H20O. The van der Waals surface area contributed by atoms with Crippen molar-refractivity contribution in [2.75, 3.05) is 0 Å². The van der Waals surface area contributed by atoms with Gasteiger partial charge in [-0.2, -0.15) is 0 Å². The van der Waals surface area contributed by atoms with Gasteiger partial charge in [-0.15, -0.1) is 0 Å². The van der Waals surface area contributed by atoms with Gasteiger partial charge in [0.15, 0.2) is 0 Å². The van der Waals surface area contributed by atoms with Gasteiger partial charge in [0.1, 0.15) is 5.78 Å². The zero-order valence-corrected chi connectivity index (χ0v) is 9.92. The van der Waals surface area contributed by atoms with Gasteiger partial charge < -0.3 is 0 Å². The maximum atomic E-state index is 11.7. The zero-order chi connectivity index (χ0) is 11.3. The first-order valence-electron chi connectivity index (χ1n) is 5.69. The monoisotopic (exact) mass is 204 g/mol. The summed E-state index contributed by atoms with van der Waals surface area (Å²) < 4.78 is 0. The number of carbonyl (C=O) groups is 1. The first-order chi connectivity index (χ1) is 7.11. The van der Waals surface area contributed by atoms with Crippen molar-refractivity contribution in [1.29, 1.82) is 0 Å². The highest BCUT2D eigenvalue weighted by Gasteiger charge is 2.08. The molecular weight excluding hydrogens is 184 g/mol. The van der Waals surface area contributed by atoms with Crippen molar-refractivity contribution in [1.82, 2.24) is 0 Å². The molecule has 0 spiro atoms. The van der Waals surface area contributed by atoms with Crippen LogP contribution in [0.25, 0.3) is 0 Å². The van der Waals surface area contributed by atoms with Crippen molar-refractivity contribution < 1.29 is 4.79 Å². The van der Waals surface area contributed by atoms with E-state index in [1.807, 2.05) is 12.1 Å². The Labute approximate surface area is 92.5 Å². The van der Waals surface area contributed by atoms with Gasteiger partial charge in [-0.1, -0.05) is 50.1 Å². The molecule has 15 heavy (non-hydrogen) atoms. The molecule has 0 aliphatic carbocycles. The lowest BCUT2D eigenvalue weighted by Gasteiger charge is -2.07. The molecule has 1 atom stereocenters. The molecule has 0 bridgehead atoms. The van der Waals surface area contributed by atoms with Crippen LogP contribution in [0.1, 0.15) is 37.8 Å². The maximum Gasteiger partial charge on any atom is 0.137 e. The highest BCUT2D eigenvalue weighted by atomic mass is 16.1. The van der Waals surface area contributed by atoms with Crippen LogP contribution in [0.3, 0.4) is 0 Å². The van der Waals surface area contributed by atoms with Crippen molar-refractivity contribution in [3.05, 3.63) is 35.4 Å². The minimum atomic E-state index is 0.356. The fourth-order valence-electron chi connectivity index (χ4n) is 1.65. The van der Waals surface area contributed by atoms with Gasteiger partial charge in [-0.25, -0.2) is 0 Å². The predicted octanol–water partition coefficient (Wildman–Crippen LogP) is 3.54. The molecule has 1 unspecified atom stereocenters. The molecule has 0 N–H and O–H groups in total. The third-order valence-electron chi connectivity index (χ3n) is 2.76. The Morgan fingerprint density at radius 2 is 2.13 bits per heavy atom. The normalized spacial score (nSPS) is 12.5. The van der Waals surface area contributed by atoms with Crippen LogP contribution in [0.5, 0.6) is 0 Å². The Bertz CT molecular complexity index is 328. The lowest BCUT2D eigenvalue weighted by atomic mass is 9.97. The van der Waals surface area contributed by atoms with Crippen molar-refractivity contribution in [2.24, 2.45) is 5.92 Å². The Hall–Kier alpha value is -1.11. The third-order valence-corrected chi connectivity index (χ3v) is 2.76. The molecule has 1 heteroatoms. The molecule has 0 saturated heterocycles. The average Bonchev–Trinajstić information content (AvgIpc) is 2.17. The van der Waals surface area contributed by atoms with Crippen molar-refractivity contribution in [2.45, 2.75) is 40.0 Å². The van der Waals surface area contributed by atoms with Gasteiger partial charge in [0.05, 0.1) is 0 Å². The van der Waals surface area contributed by atoms with Crippen molar-refractivity contribution >= 4 is 5.78 Å². The third kappa shape index (κ3) is 4.28. The van der Waals surface area contributed by atoms with E-state index in [0.717, 1.165) is 12.0 Å². The van der Waals surface area contributed by atoms with Crippen LogP contribution in [0, 0.1) is 12.8 Å². The summed E-state index contributed by atoms with van der Waals surface area (Å²) >= 11 is 0. The summed E-state index contributed by atoms with van der Waals surface area (Å²) in [5.74, 6) is 0.872. The fourth-order valence-corrected chi connectivity index (χ4v) is 1.65. The van der Waals surface area contributed by atoms with Gasteiger partial charge in [0.25, 0.3) is 0 Å². The van der Waals surface area contributed by atoms with E-state index in [1.165, 1.54) is 5.56 Å². The van der Waals surface area contributed by atoms with Crippen molar-refractivity contribution in [3.8, 4) is 0 Å². The Morgan fingerprint density at radius 3 is 2.73 bits per heavy atom. The van der Waals surface area contributed by atoms with E-state index in [0.29, 0.717) is 24.5 Å². The Morgan fingerprint density at radius 1 is 1.40 bits per heavy atom. The lowest BCUT2D eigenvalue weighted by molar-refractivity contribution is -0.119. The van der Waals surface area contributed by atoms with E-state index in [-0.39, 0.29) is 0 Å². The molecule has 0 aliphatic heterocycles. The molecule has 0 heterocycles. The highest BCUT2D eigenvalue weighted by Crippen LogP contribution is 2.11. The Kier molecular flexibility index (Phi) is 4.54. The summed E-state index contributed by atoms with van der Waals surface area (Å²) in [6.45, 7) is 6.32. The van der Waals surface area contributed by atoms with E-state index < -0.39 is 0 Å². The quantitative estimate of drug-likeness (QED) is 0.717. The van der Waals surface area contributed by atoms with Gasteiger partial charge >= 0.3 is 0 Å². The topological polar surface area (TPSA) is 17.1 Å². The van der Waals surface area contributed by atoms with Crippen LogP contribution < -0.4 is 0 Å². The van der Waals surface area contributed by atoms with E-state index in [2.05, 4.69) is 32.9 Å². The number of rotatable bonds is 5. The molecule has 1 nitrogen and oxygen atoms in total. The second-order valence-electron chi connectivity index (χ2n) is 4.42. The molecule has 0 amide bonds. The standard InChI is InChI=1S/C14H20O/c1-4-11(2)9-14(15)10-13-7-5-6-12(3)8-13/h5-8,11H,4,9-10H2,1-3H3. The number of aryl methyl sites for hydroxylation is 1. The predicted molar refractivity (Wildman–Crippen MR) is 64.0 cm³/mol. The van der Waals surface area contributed by atoms with Gasteiger partial charge in [0, 0.05) is 12.8 Å². The summed E-state index contributed by atoms with van der Waals surface area (Å²) in [7, 11) is 0. The number of hydrogen-bond acceptors (Lipinski definition) is 1. The van der Waals surface area contributed by atoms with Crippen molar-refractivity contribution in [3.63, 3.8) is 0 Å². The molecule has 0 fully saturated rings. The summed E-state index contributed by atoms with van der Waals surface area (Å²) in [4.78, 5) is 11.7. The second-order valence-corrected chi connectivity index (χ2v) is 4.42. The summed E-state index contributed by atoms with van der Waals surface area (Å²) in [6, 6.07) is 8.19. The summed E-state index contributed by atoms with van der Waals surface area (Å²) in [6.07, 6.45) is 2.38. The van der Waals surface area contributed by atoms with Crippen LogP contribution in [-0.2, 0) is 11.2 Å². The molecule has 0 radical (unpaired) electrons. The van der Waals surface area contributed by atoms with E-state index >= 15 is 0 Å². The highest BCUT2D eigenvalue weighted by molar-refractivity contribution is 5.81. The Balaban J connectivity index is 2.51. The average molecular weight is 204 g/mol. The number of Topliss-reactive ketones (excluding diaryl/α,β-unsaturated/α-hetero) is 1. The molecule has 0 saturated carbocycles. The van der Waals surface area contributed by atoms with E-state index in [4.69, 9.17) is 0 Å². The van der Waals surface area contributed by atoms with E-state index in [9.17, 15) is 4.79 Å². The zero-order valence-electron chi connectivity index (χ0n) is 9.92. The number of benzene rings is 1. The van der Waals surface area contributed by atoms with Gasteiger partial charge in [0.2, 0.25) is 0 Å². The minimum absolute atomic E-state index is 0.356. The summed E-state index contributed by atoms with van der Waals surface area (Å²) in [5.41, 5.74) is 2.37. The molecule has 1 aromatic carbocycles. The maximum absolute atomic E-state index is 11.7. The minimum Gasteiger partial charge on any atom is -0.299 e. The number of ketones is 1. The van der Waals surface area contributed by atoms with E-state index in [1.54, 1.807) is 0 Å². The molecule has 1 aromatic rings. The van der Waals surface area contributed by atoms with Crippen LogP contribution in [0.15, 0.2) is 24.3 Å². The first-order valence-corrected chi connectivity index (χ1v) is 5.69. The lowest BCUT2D eigenvalue weighted by Crippen LogP contribution is -2.07. The SMILES string of the molecule is CCC(C)CC(=O)Cc1cccc(C)c1. The summed E-state index contributed by atoms with van der Waals surface area (Å²) in [5, 5.41) is 0. The molecule has 1 rings (SSSR count). The van der Waals surface area contributed by atoms with Crippen LogP contribution >= 0.6 is 0 Å². The molecule has 0 aliphatic rings. The van der Waals surface area contributed by atoms with Gasteiger partial charge in [-0.3, -0.25) is 4.79 Å². The number of hydrogen-bond donors (Lipinski definition) is 0. The molecule has 82 valence electrons. The number of carbonyl (C=O) groups excluding carboxylic acids is 1. The largest absolute Gasteiger partial charge is 0.299 e. The molecule has 0 aromatic heterocycles. The smallest absolute Gasteiger partial charge is 0.137 e. The first kappa shape index (κ1) is 12.0. The fraction of sp³-hybridized carbons (Fsp3) is 0.500. The second kappa shape index (κ2) is 5.69. The van der Waals surface area contributed by atoms with Crippen LogP contribution in [-0.4, -0.2) is 5.78 Å². The van der Waals surface area contributed by atoms with Crippen LogP contribution in [0.2, 0.25) is 0 Å². The van der Waals surface area contributed by atoms with Gasteiger partial charge in [-0.05, 0) is 18.4 Å².